The van der Waals surface area contributed by atoms with Gasteiger partial charge in [-0.3, -0.25) is 9.59 Å². The van der Waals surface area contributed by atoms with Crippen molar-refractivity contribution < 1.29 is 60.1 Å². The second kappa shape index (κ2) is 12.6. The zero-order chi connectivity index (χ0) is 34.1. The molecule has 6 aromatic rings. The number of aliphatic hydroxyl groups excluding tert-OH is 1. The molecule has 0 aliphatic rings. The fourth-order valence-electron chi connectivity index (χ4n) is 4.34. The first-order valence-electron chi connectivity index (χ1n) is 13.7. The third kappa shape index (κ3) is 6.38. The summed E-state index contributed by atoms with van der Waals surface area (Å²) >= 11 is 0. The number of carbonyl (C=O) groups is 2. The highest BCUT2D eigenvalue weighted by atomic mass is 16.7. The highest BCUT2D eigenvalue weighted by molar-refractivity contribution is 5.92. The van der Waals surface area contributed by atoms with Gasteiger partial charge in [0, 0.05) is 26.0 Å². The smallest absolute Gasteiger partial charge is 0.490 e. The van der Waals surface area contributed by atoms with Crippen LogP contribution in [0.4, 0.5) is 0 Å². The van der Waals surface area contributed by atoms with Crippen LogP contribution < -0.4 is 41.4 Å². The van der Waals surface area contributed by atoms with Crippen LogP contribution in [0.25, 0.3) is 21.9 Å². The lowest BCUT2D eigenvalue weighted by molar-refractivity contribution is 0.0636. The summed E-state index contributed by atoms with van der Waals surface area (Å²) in [5.74, 6) is -6.53. The van der Waals surface area contributed by atoms with Crippen LogP contribution in [0.15, 0.2) is 94.2 Å². The first-order chi connectivity index (χ1) is 23.0. The van der Waals surface area contributed by atoms with Gasteiger partial charge in [-0.25, -0.2) is 19.2 Å². The average Bonchev–Trinajstić information content (AvgIpc) is 3.54. The van der Waals surface area contributed by atoms with Crippen molar-refractivity contribution in [2.45, 2.75) is 20.0 Å². The lowest BCUT2D eigenvalue weighted by atomic mass is 10.2. The normalized spacial score (nSPS) is 11.2. The molecule has 0 spiro atoms. The molecule has 0 bridgehead atoms. The van der Waals surface area contributed by atoms with Gasteiger partial charge in [-0.15, -0.1) is 0 Å². The topological polar surface area (TPSA) is 238 Å². The number of carbonyl (C=O) groups excluding carboxylic acids is 2. The number of hydrogen-bond donors (Lipinski definition) is 1. The summed E-state index contributed by atoms with van der Waals surface area (Å²) < 4.78 is 50.6. The van der Waals surface area contributed by atoms with Crippen LogP contribution in [0.2, 0.25) is 0 Å². The number of fused-ring (bicyclic) bond motifs is 2. The molecule has 0 aliphatic heterocycles. The minimum Gasteiger partial charge on any atom is -0.490 e. The maximum Gasteiger partial charge on any atom is 0.521 e. The molecule has 0 saturated carbocycles. The number of hydrogen-bond acceptors (Lipinski definition) is 17. The summed E-state index contributed by atoms with van der Waals surface area (Å²) in [7, 11) is 0. The number of aliphatic hydroxyl groups is 1. The summed E-state index contributed by atoms with van der Waals surface area (Å²) in [5, 5.41) is 10.5. The third-order valence-corrected chi connectivity index (χ3v) is 6.47. The Bertz CT molecular complexity index is 2260. The molecule has 0 unspecified atom stereocenters. The molecule has 246 valence electrons. The van der Waals surface area contributed by atoms with E-state index >= 15 is 0 Å². The van der Waals surface area contributed by atoms with Gasteiger partial charge in [0.2, 0.25) is 11.5 Å². The maximum absolute atomic E-state index is 12.9. The first-order valence-corrected chi connectivity index (χ1v) is 13.7. The van der Waals surface area contributed by atoms with E-state index in [1.807, 2.05) is 0 Å². The Kier molecular flexibility index (Phi) is 8.26. The Hall–Kier alpha value is -6.62. The predicted molar refractivity (Wildman–Crippen MR) is 156 cm³/mol. The Labute approximate surface area is 264 Å². The Morgan fingerprint density at radius 1 is 0.646 bits per heavy atom. The molecule has 0 aliphatic carbocycles. The molecule has 0 radical (unpaired) electrons. The molecule has 4 aromatic heterocycles. The molecule has 4 heterocycles. The molecule has 0 atom stereocenters. The predicted octanol–water partition coefficient (Wildman–Crippen LogP) is 2.87. The number of benzene rings is 2. The van der Waals surface area contributed by atoms with Gasteiger partial charge in [-0.1, -0.05) is 12.1 Å². The van der Waals surface area contributed by atoms with E-state index in [0.29, 0.717) is 0 Å². The van der Waals surface area contributed by atoms with Crippen molar-refractivity contribution in [3.63, 3.8) is 0 Å². The number of ether oxygens (including phenoxy) is 4. The van der Waals surface area contributed by atoms with Crippen molar-refractivity contribution in [3.8, 4) is 23.4 Å². The van der Waals surface area contributed by atoms with Gasteiger partial charge in [-0.2, -0.15) is 0 Å². The van der Waals surface area contributed by atoms with E-state index in [2.05, 4.69) is 17.7 Å². The molecular formula is C31H20O17. The van der Waals surface area contributed by atoms with Crippen LogP contribution >= 0.6 is 0 Å². The van der Waals surface area contributed by atoms with Gasteiger partial charge >= 0.3 is 35.5 Å². The fraction of sp³-hybridized carbons (Fsp3) is 0.161. The van der Waals surface area contributed by atoms with Gasteiger partial charge in [0.25, 0.3) is 0 Å². The van der Waals surface area contributed by atoms with E-state index in [0.717, 1.165) is 12.1 Å². The molecule has 6 rings (SSSR count). The van der Waals surface area contributed by atoms with Crippen LogP contribution in [0, 0.1) is 13.8 Å². The zero-order valence-electron chi connectivity index (χ0n) is 24.6. The summed E-state index contributed by atoms with van der Waals surface area (Å²) in [6, 6.07) is 10.3. The minimum atomic E-state index is -1.28. The fourth-order valence-corrected chi connectivity index (χ4v) is 4.34. The van der Waals surface area contributed by atoms with Crippen LogP contribution in [-0.2, 0) is 0 Å². The molecule has 1 N–H and O–H groups in total. The van der Waals surface area contributed by atoms with Gasteiger partial charge in [-0.05, 0) is 24.3 Å². The Balaban J connectivity index is 1.12. The zero-order valence-corrected chi connectivity index (χ0v) is 24.6. The van der Waals surface area contributed by atoms with E-state index < -0.39 is 64.0 Å². The van der Waals surface area contributed by atoms with E-state index in [9.17, 15) is 33.9 Å². The monoisotopic (exact) mass is 664 g/mol. The van der Waals surface area contributed by atoms with Crippen molar-refractivity contribution >= 4 is 33.9 Å². The van der Waals surface area contributed by atoms with Gasteiger partial charge in [0.15, 0.2) is 22.4 Å². The molecule has 2 aromatic carbocycles. The quantitative estimate of drug-likeness (QED) is 0.207. The second-order valence-corrected chi connectivity index (χ2v) is 9.86. The lowest BCUT2D eigenvalue weighted by Gasteiger charge is -2.15. The maximum atomic E-state index is 12.9. The highest BCUT2D eigenvalue weighted by Gasteiger charge is 2.23. The Morgan fingerprint density at radius 3 is 1.44 bits per heavy atom. The molecule has 17 nitrogen and oxygen atoms in total. The first kappa shape index (κ1) is 31.4. The SMILES string of the molecule is Cc1oc(=O)oc1OC(=O)c1cc(=O)c2c(OCC(O)COc3cccc4oc(C(=O)Oc5oc(=O)oc5C)cc(=O)c34)cccc2o1. The summed E-state index contributed by atoms with van der Waals surface area (Å²) in [6.07, 6.45) is -1.28. The van der Waals surface area contributed by atoms with Crippen molar-refractivity contribution in [1.29, 1.82) is 0 Å². The van der Waals surface area contributed by atoms with Gasteiger partial charge < -0.3 is 50.6 Å². The summed E-state index contributed by atoms with van der Waals surface area (Å²) in [4.78, 5) is 73.2. The molecule has 0 amide bonds. The average molecular weight is 664 g/mol. The van der Waals surface area contributed by atoms with Crippen molar-refractivity contribution in [3.05, 3.63) is 113 Å². The molecule has 0 fully saturated rings. The van der Waals surface area contributed by atoms with Gasteiger partial charge in [0.1, 0.15) is 52.8 Å². The van der Waals surface area contributed by atoms with Crippen LogP contribution in [-0.4, -0.2) is 36.4 Å². The van der Waals surface area contributed by atoms with Crippen LogP contribution in [0.5, 0.6) is 23.4 Å². The molecular weight excluding hydrogens is 644 g/mol. The number of esters is 2. The van der Waals surface area contributed by atoms with Crippen molar-refractivity contribution in [2.24, 2.45) is 0 Å². The van der Waals surface area contributed by atoms with Crippen LogP contribution in [0.1, 0.15) is 32.6 Å². The van der Waals surface area contributed by atoms with Crippen molar-refractivity contribution in [1.82, 2.24) is 0 Å². The van der Waals surface area contributed by atoms with Crippen molar-refractivity contribution in [2.75, 3.05) is 13.2 Å². The second-order valence-electron chi connectivity index (χ2n) is 9.86. The van der Waals surface area contributed by atoms with Crippen LogP contribution in [0.3, 0.4) is 0 Å². The lowest BCUT2D eigenvalue weighted by Crippen LogP contribution is -2.25. The van der Waals surface area contributed by atoms with Gasteiger partial charge in [0.05, 0.1) is 0 Å². The summed E-state index contributed by atoms with van der Waals surface area (Å²) in [5.41, 5.74) is -1.44. The number of aryl methyl sites for hydroxylation is 2. The van der Waals surface area contributed by atoms with E-state index in [4.69, 9.17) is 27.8 Å². The molecule has 48 heavy (non-hydrogen) atoms. The largest absolute Gasteiger partial charge is 0.521 e. The minimum absolute atomic E-state index is 0.0204. The van der Waals surface area contributed by atoms with E-state index in [1.54, 1.807) is 0 Å². The Morgan fingerprint density at radius 2 is 1.06 bits per heavy atom. The molecule has 0 saturated heterocycles. The van der Waals surface area contributed by atoms with E-state index in [1.165, 1.54) is 50.2 Å². The molecule has 17 heteroatoms. The van der Waals surface area contributed by atoms with E-state index in [-0.39, 0.29) is 58.2 Å². The summed E-state index contributed by atoms with van der Waals surface area (Å²) in [6.45, 7) is 1.91. The third-order valence-electron chi connectivity index (χ3n) is 6.47. The highest BCUT2D eigenvalue weighted by Crippen LogP contribution is 2.26. The standard InChI is InChI=1S/C31H20O17/c1-13-28(47-30(37)41-13)45-26(35)22-9-16(33)24-18(5-3-7-20(24)43-22)39-11-15(32)12-40-19-6-4-8-21-25(19)17(34)10-23(44-21)27(36)46-29-14(2)42-31(38)48-29/h3-10,15,32H,11-12H2,1-2H3. The number of rotatable bonds is 10.